The van der Waals surface area contributed by atoms with Gasteiger partial charge in [-0.15, -0.1) is 24.8 Å². The van der Waals surface area contributed by atoms with Crippen molar-refractivity contribution in [3.8, 4) is 5.75 Å². The molecule has 3 aromatic rings. The summed E-state index contributed by atoms with van der Waals surface area (Å²) in [5, 5.41) is 22.1. The number of hydrogen-bond acceptors (Lipinski definition) is 6. The van der Waals surface area contributed by atoms with Gasteiger partial charge in [-0.2, -0.15) is 0 Å². The number of anilines is 1. The summed E-state index contributed by atoms with van der Waals surface area (Å²) in [6.07, 6.45) is 2.29. The molecule has 1 atom stereocenters. The van der Waals surface area contributed by atoms with E-state index < -0.39 is 27.8 Å². The number of amidine groups is 1. The van der Waals surface area contributed by atoms with E-state index in [0.29, 0.717) is 23.4 Å². The van der Waals surface area contributed by atoms with E-state index in [0.717, 1.165) is 47.8 Å². The molecule has 5 N–H and O–H groups in total. The maximum Gasteiger partial charge on any atom is 0.320 e. The van der Waals surface area contributed by atoms with Crippen LogP contribution in [0.15, 0.2) is 54.6 Å². The van der Waals surface area contributed by atoms with Gasteiger partial charge in [-0.25, -0.2) is 8.42 Å². The molecule has 2 heterocycles. The fourth-order valence-corrected chi connectivity index (χ4v) is 6.55. The first-order chi connectivity index (χ1) is 17.2. The fourth-order valence-electron chi connectivity index (χ4n) is 5.04. The molecular weight excluding hydrogens is 551 g/mol. The number of ether oxygens (including phenoxy) is 1. The Morgan fingerprint density at radius 1 is 1.05 bits per heavy atom. The number of carboxylic acids is 1. The molecule has 1 saturated heterocycles. The van der Waals surface area contributed by atoms with E-state index in [1.54, 1.807) is 24.3 Å². The Morgan fingerprint density at radius 3 is 2.45 bits per heavy atom. The maximum absolute atomic E-state index is 13.3. The number of halogens is 2. The molecule has 2 aliphatic heterocycles. The van der Waals surface area contributed by atoms with Crippen molar-refractivity contribution in [1.82, 2.24) is 5.32 Å². The van der Waals surface area contributed by atoms with Gasteiger partial charge in [0, 0.05) is 12.0 Å². The Balaban J connectivity index is 0.00000200. The number of rotatable bonds is 7. The predicted octanol–water partition coefficient (Wildman–Crippen LogP) is 3.62. The van der Waals surface area contributed by atoms with Gasteiger partial charge < -0.3 is 20.9 Å². The highest BCUT2D eigenvalue weighted by molar-refractivity contribution is 7.93. The van der Waals surface area contributed by atoms with Crippen LogP contribution in [0.3, 0.4) is 0 Å². The zero-order chi connectivity index (χ0) is 25.4. The minimum Gasteiger partial charge on any atom is -0.490 e. The Kier molecular flexibility index (Phi) is 9.14. The molecule has 0 saturated carbocycles. The molecule has 0 bridgehead atoms. The van der Waals surface area contributed by atoms with Crippen molar-refractivity contribution < 1.29 is 23.1 Å². The SMILES string of the molecule is Cl.Cl.N=C(N)c1ccc2ccc(C3Cc4cc(OC5CCNCC5)ccc4N3S(=O)(=O)CC(=O)O)cc2c1. The average Bonchev–Trinajstić information content (AvgIpc) is 3.23. The number of carbonyl (C=O) groups is 1. The number of nitrogen functional groups attached to an aromatic ring is 1. The number of piperidine rings is 1. The van der Waals surface area contributed by atoms with E-state index in [4.69, 9.17) is 15.9 Å². The first-order valence-electron chi connectivity index (χ1n) is 11.8. The van der Waals surface area contributed by atoms with Crippen molar-refractivity contribution >= 4 is 63.1 Å². The molecular formula is C26H30Cl2N4O5S. The van der Waals surface area contributed by atoms with Crippen LogP contribution in [0.1, 0.15) is 35.6 Å². The molecule has 12 heteroatoms. The van der Waals surface area contributed by atoms with Gasteiger partial charge in [0.1, 0.15) is 17.7 Å². The molecule has 0 aromatic heterocycles. The summed E-state index contributed by atoms with van der Waals surface area (Å²) in [5.74, 6) is -1.78. The van der Waals surface area contributed by atoms with E-state index in [2.05, 4.69) is 5.32 Å². The van der Waals surface area contributed by atoms with Gasteiger partial charge in [0.05, 0.1) is 11.7 Å². The number of aliphatic carboxylic acids is 1. The summed E-state index contributed by atoms with van der Waals surface area (Å²) in [6, 6.07) is 15.8. The topological polar surface area (TPSA) is 146 Å². The Labute approximate surface area is 233 Å². The second-order valence-electron chi connectivity index (χ2n) is 9.26. The van der Waals surface area contributed by atoms with Gasteiger partial charge in [-0.3, -0.25) is 14.5 Å². The van der Waals surface area contributed by atoms with Crippen molar-refractivity contribution in [1.29, 1.82) is 5.41 Å². The first-order valence-corrected chi connectivity index (χ1v) is 13.4. The number of hydrogen-bond donors (Lipinski definition) is 4. The molecule has 0 radical (unpaired) electrons. The summed E-state index contributed by atoms with van der Waals surface area (Å²) >= 11 is 0. The zero-order valence-electron chi connectivity index (χ0n) is 20.4. The van der Waals surface area contributed by atoms with E-state index in [9.17, 15) is 18.3 Å². The monoisotopic (exact) mass is 580 g/mol. The predicted molar refractivity (Wildman–Crippen MR) is 153 cm³/mol. The van der Waals surface area contributed by atoms with Crippen LogP contribution in [0.2, 0.25) is 0 Å². The third-order valence-electron chi connectivity index (χ3n) is 6.74. The molecule has 0 spiro atoms. The van der Waals surface area contributed by atoms with Gasteiger partial charge in [-0.05, 0) is 78.2 Å². The summed E-state index contributed by atoms with van der Waals surface area (Å²) in [5.41, 5.74) is 8.22. The second-order valence-corrected chi connectivity index (χ2v) is 11.1. The quantitative estimate of drug-likeness (QED) is 0.246. The molecule has 1 unspecified atom stereocenters. The molecule has 9 nitrogen and oxygen atoms in total. The minimum absolute atomic E-state index is 0. The zero-order valence-corrected chi connectivity index (χ0v) is 22.9. The Hall–Kier alpha value is -3.05. The lowest BCUT2D eigenvalue weighted by Gasteiger charge is -2.27. The van der Waals surface area contributed by atoms with Crippen molar-refractivity contribution in [3.63, 3.8) is 0 Å². The summed E-state index contributed by atoms with van der Waals surface area (Å²) in [6.45, 7) is 1.79. The second kappa shape index (κ2) is 11.8. The van der Waals surface area contributed by atoms with E-state index in [-0.39, 0.29) is 36.8 Å². The Bertz CT molecular complexity index is 1460. The summed E-state index contributed by atoms with van der Waals surface area (Å²) in [4.78, 5) is 11.4. The van der Waals surface area contributed by atoms with Gasteiger partial charge in [0.15, 0.2) is 5.75 Å². The largest absolute Gasteiger partial charge is 0.490 e. The minimum atomic E-state index is -4.15. The van der Waals surface area contributed by atoms with Crippen molar-refractivity contribution in [2.75, 3.05) is 23.1 Å². The van der Waals surface area contributed by atoms with Crippen LogP contribution in [-0.2, 0) is 21.2 Å². The van der Waals surface area contributed by atoms with Crippen LogP contribution in [0, 0.1) is 5.41 Å². The number of nitrogens with two attached hydrogens (primary N) is 1. The molecule has 0 amide bonds. The van der Waals surface area contributed by atoms with Crippen LogP contribution >= 0.6 is 24.8 Å². The van der Waals surface area contributed by atoms with E-state index in [1.165, 1.54) is 4.31 Å². The number of fused-ring (bicyclic) bond motifs is 2. The Morgan fingerprint density at radius 2 is 1.76 bits per heavy atom. The maximum atomic E-state index is 13.3. The highest BCUT2D eigenvalue weighted by Crippen LogP contribution is 2.44. The average molecular weight is 582 g/mol. The molecule has 3 aromatic carbocycles. The van der Waals surface area contributed by atoms with Crippen LogP contribution in [-0.4, -0.2) is 50.3 Å². The van der Waals surface area contributed by atoms with Crippen molar-refractivity contribution in [2.45, 2.75) is 31.4 Å². The molecule has 2 aliphatic rings. The van der Waals surface area contributed by atoms with Crippen LogP contribution < -0.4 is 20.1 Å². The lowest BCUT2D eigenvalue weighted by Crippen LogP contribution is -2.36. The van der Waals surface area contributed by atoms with E-state index >= 15 is 0 Å². The highest BCUT2D eigenvalue weighted by Gasteiger charge is 2.39. The first kappa shape index (κ1) is 29.5. The lowest BCUT2D eigenvalue weighted by atomic mass is 9.98. The molecule has 38 heavy (non-hydrogen) atoms. The normalized spacial score (nSPS) is 17.3. The number of carboxylic acid groups (broad SMARTS) is 1. The third-order valence-corrected chi connectivity index (χ3v) is 8.40. The van der Waals surface area contributed by atoms with Gasteiger partial charge in [0.25, 0.3) is 0 Å². The van der Waals surface area contributed by atoms with Crippen LogP contribution in [0.4, 0.5) is 5.69 Å². The van der Waals surface area contributed by atoms with Crippen molar-refractivity contribution in [3.05, 3.63) is 71.3 Å². The van der Waals surface area contributed by atoms with Gasteiger partial charge in [0.2, 0.25) is 10.0 Å². The van der Waals surface area contributed by atoms with Gasteiger partial charge >= 0.3 is 5.97 Å². The molecule has 5 rings (SSSR count). The summed E-state index contributed by atoms with van der Waals surface area (Å²) in [7, 11) is -4.15. The fraction of sp³-hybridized carbons (Fsp3) is 0.308. The summed E-state index contributed by atoms with van der Waals surface area (Å²) < 4.78 is 33.9. The number of sulfonamides is 1. The van der Waals surface area contributed by atoms with E-state index in [1.807, 2.05) is 30.3 Å². The van der Waals surface area contributed by atoms with Crippen molar-refractivity contribution in [2.24, 2.45) is 5.73 Å². The standard InChI is InChI=1S/C26H28N4O5S.2ClH/c27-26(28)18-4-2-16-1-3-17(11-19(16)12-18)24-14-20-13-22(35-21-7-9-29-10-8-21)5-6-23(20)30(24)36(33,34)15-25(31)32;;/h1-6,11-13,21,24,29H,7-10,14-15H2,(H3,27,28)(H,31,32);2*1H. The molecule has 204 valence electrons. The lowest BCUT2D eigenvalue weighted by molar-refractivity contribution is -0.134. The highest BCUT2D eigenvalue weighted by atomic mass is 35.5. The van der Waals surface area contributed by atoms with Crippen LogP contribution in [0.25, 0.3) is 10.8 Å². The number of nitrogens with one attached hydrogen (secondary N) is 2. The third kappa shape index (κ3) is 5.99. The smallest absolute Gasteiger partial charge is 0.320 e. The molecule has 0 aliphatic carbocycles. The van der Waals surface area contributed by atoms with Crippen LogP contribution in [0.5, 0.6) is 5.75 Å². The van der Waals surface area contributed by atoms with Gasteiger partial charge in [-0.1, -0.05) is 24.3 Å². The molecule has 1 fully saturated rings. The number of benzene rings is 3. The number of nitrogens with zero attached hydrogens (tertiary/aromatic N) is 1.